The number of aliphatic hydroxyl groups excluding tert-OH is 1. The average molecular weight is 262 g/mol. The molecule has 1 N–H and O–H groups in total. The first kappa shape index (κ1) is 13.9. The number of carbonyl (C=O) groups excluding carboxylic acids is 1. The minimum absolute atomic E-state index is 0.203. The van der Waals surface area contributed by atoms with Crippen molar-refractivity contribution in [1.29, 1.82) is 0 Å². The van der Waals surface area contributed by atoms with Crippen LogP contribution in [0.1, 0.15) is 32.4 Å². The van der Waals surface area contributed by atoms with Gasteiger partial charge in [0, 0.05) is 31.9 Å². The number of hydrogen-bond acceptors (Lipinski definition) is 3. The van der Waals surface area contributed by atoms with E-state index >= 15 is 0 Å². The second-order valence-electron chi connectivity index (χ2n) is 6.46. The Labute approximate surface area is 114 Å². The monoisotopic (exact) mass is 262 g/mol. The van der Waals surface area contributed by atoms with Gasteiger partial charge >= 0.3 is 0 Å². The molecule has 1 unspecified atom stereocenters. The first-order valence-electron chi connectivity index (χ1n) is 6.51. The Morgan fingerprint density at radius 2 is 2.00 bits per heavy atom. The molecular weight excluding hydrogens is 240 g/mol. The molecule has 0 saturated heterocycles. The SMILES string of the molecule is CN(CC(C)(C)C)c1ccc2c(c1)N(C)C(=O)C2O. The van der Waals surface area contributed by atoms with Crippen molar-refractivity contribution in [1.82, 2.24) is 0 Å². The zero-order valence-electron chi connectivity index (χ0n) is 12.3. The highest BCUT2D eigenvalue weighted by Crippen LogP contribution is 2.37. The van der Waals surface area contributed by atoms with Crippen molar-refractivity contribution < 1.29 is 9.90 Å². The average Bonchev–Trinajstić information content (AvgIpc) is 2.52. The summed E-state index contributed by atoms with van der Waals surface area (Å²) in [4.78, 5) is 15.4. The van der Waals surface area contributed by atoms with Crippen LogP contribution in [0.3, 0.4) is 0 Å². The number of nitrogens with zero attached hydrogens (tertiary/aromatic N) is 2. The number of rotatable bonds is 2. The second-order valence-corrected chi connectivity index (χ2v) is 6.46. The fourth-order valence-electron chi connectivity index (χ4n) is 2.53. The highest BCUT2D eigenvalue weighted by atomic mass is 16.3. The molecule has 1 heterocycles. The van der Waals surface area contributed by atoms with E-state index in [1.165, 1.54) is 4.90 Å². The van der Waals surface area contributed by atoms with Crippen molar-refractivity contribution in [2.24, 2.45) is 5.41 Å². The van der Waals surface area contributed by atoms with Crippen molar-refractivity contribution in [2.45, 2.75) is 26.9 Å². The smallest absolute Gasteiger partial charge is 0.260 e. The molecular formula is C15H22N2O2. The second kappa shape index (κ2) is 4.53. The van der Waals surface area contributed by atoms with Gasteiger partial charge in [-0.3, -0.25) is 4.79 Å². The number of likely N-dealkylation sites (N-methyl/N-ethyl adjacent to an activating group) is 1. The summed E-state index contributed by atoms with van der Waals surface area (Å²) in [6.07, 6.45) is -1.01. The molecule has 0 fully saturated rings. The summed E-state index contributed by atoms with van der Waals surface area (Å²) in [5.74, 6) is -0.259. The zero-order chi connectivity index (χ0) is 14.4. The van der Waals surface area contributed by atoms with Gasteiger partial charge in [0.2, 0.25) is 0 Å². The van der Waals surface area contributed by atoms with Crippen LogP contribution in [0.5, 0.6) is 0 Å². The van der Waals surface area contributed by atoms with Crippen LogP contribution in [0.4, 0.5) is 11.4 Å². The summed E-state index contributed by atoms with van der Waals surface area (Å²) >= 11 is 0. The summed E-state index contributed by atoms with van der Waals surface area (Å²) in [5.41, 5.74) is 2.76. The summed E-state index contributed by atoms with van der Waals surface area (Å²) in [6, 6.07) is 5.77. The van der Waals surface area contributed by atoms with Crippen molar-refractivity contribution in [3.8, 4) is 0 Å². The lowest BCUT2D eigenvalue weighted by Crippen LogP contribution is -2.29. The number of amides is 1. The number of hydrogen-bond donors (Lipinski definition) is 1. The van der Waals surface area contributed by atoms with E-state index in [2.05, 4.69) is 25.7 Å². The molecule has 104 valence electrons. The van der Waals surface area contributed by atoms with Gasteiger partial charge in [0.1, 0.15) is 0 Å². The Morgan fingerprint density at radius 1 is 1.37 bits per heavy atom. The third-order valence-corrected chi connectivity index (χ3v) is 3.39. The summed E-state index contributed by atoms with van der Waals surface area (Å²) in [6.45, 7) is 7.49. The fourth-order valence-corrected chi connectivity index (χ4v) is 2.53. The van der Waals surface area contributed by atoms with Crippen LogP contribution in [0.25, 0.3) is 0 Å². The standard InChI is InChI=1S/C15H22N2O2/c1-15(2,3)9-16(4)10-6-7-11-12(8-10)17(5)14(19)13(11)18/h6-8,13,18H,9H2,1-5H3. The van der Waals surface area contributed by atoms with Gasteiger partial charge < -0.3 is 14.9 Å². The molecule has 1 aromatic rings. The molecule has 2 rings (SSSR count). The Morgan fingerprint density at radius 3 is 2.58 bits per heavy atom. The third kappa shape index (κ3) is 2.59. The Bertz CT molecular complexity index is 505. The van der Waals surface area contributed by atoms with E-state index in [0.29, 0.717) is 5.56 Å². The van der Waals surface area contributed by atoms with Crippen LogP contribution in [0, 0.1) is 5.41 Å². The molecule has 1 atom stereocenters. The molecule has 1 aromatic carbocycles. The number of fused-ring (bicyclic) bond motifs is 1. The number of aliphatic hydroxyl groups is 1. The van der Waals surface area contributed by atoms with E-state index in [4.69, 9.17) is 0 Å². The van der Waals surface area contributed by atoms with Crippen molar-refractivity contribution >= 4 is 17.3 Å². The van der Waals surface area contributed by atoms with E-state index in [1.54, 1.807) is 7.05 Å². The van der Waals surface area contributed by atoms with E-state index < -0.39 is 6.10 Å². The van der Waals surface area contributed by atoms with E-state index in [9.17, 15) is 9.90 Å². The first-order chi connectivity index (χ1) is 8.70. The van der Waals surface area contributed by atoms with Crippen molar-refractivity contribution in [2.75, 3.05) is 30.4 Å². The fraction of sp³-hybridized carbons (Fsp3) is 0.533. The van der Waals surface area contributed by atoms with Crippen molar-refractivity contribution in [3.05, 3.63) is 23.8 Å². The van der Waals surface area contributed by atoms with Crippen LogP contribution in [0.2, 0.25) is 0 Å². The third-order valence-electron chi connectivity index (χ3n) is 3.39. The lowest BCUT2D eigenvalue weighted by atomic mass is 9.96. The first-order valence-corrected chi connectivity index (χ1v) is 6.51. The minimum Gasteiger partial charge on any atom is -0.378 e. The number of anilines is 2. The van der Waals surface area contributed by atoms with Crippen LogP contribution in [0.15, 0.2) is 18.2 Å². The van der Waals surface area contributed by atoms with Gasteiger partial charge in [-0.15, -0.1) is 0 Å². The maximum atomic E-state index is 11.7. The molecule has 19 heavy (non-hydrogen) atoms. The highest BCUT2D eigenvalue weighted by molar-refractivity contribution is 6.03. The van der Waals surface area contributed by atoms with Crippen LogP contribution < -0.4 is 9.80 Å². The number of carbonyl (C=O) groups is 1. The quantitative estimate of drug-likeness (QED) is 0.888. The molecule has 0 aliphatic carbocycles. The molecule has 1 aliphatic heterocycles. The van der Waals surface area contributed by atoms with Crippen molar-refractivity contribution in [3.63, 3.8) is 0 Å². The van der Waals surface area contributed by atoms with Crippen LogP contribution in [-0.2, 0) is 4.79 Å². The Hall–Kier alpha value is -1.55. The molecule has 4 heteroatoms. The van der Waals surface area contributed by atoms with Gasteiger partial charge in [0.05, 0.1) is 5.69 Å². The highest BCUT2D eigenvalue weighted by Gasteiger charge is 2.33. The molecule has 0 bridgehead atoms. The summed E-state index contributed by atoms with van der Waals surface area (Å²) in [7, 11) is 3.74. The largest absolute Gasteiger partial charge is 0.378 e. The van der Waals surface area contributed by atoms with Gasteiger partial charge in [-0.2, -0.15) is 0 Å². The Balaban J connectivity index is 2.30. The minimum atomic E-state index is -1.01. The van der Waals surface area contributed by atoms with E-state index in [-0.39, 0.29) is 11.3 Å². The molecule has 0 saturated carbocycles. The van der Waals surface area contributed by atoms with E-state index in [1.807, 2.05) is 25.2 Å². The predicted molar refractivity (Wildman–Crippen MR) is 77.5 cm³/mol. The van der Waals surface area contributed by atoms with Gasteiger partial charge in [0.25, 0.3) is 5.91 Å². The lowest BCUT2D eigenvalue weighted by molar-refractivity contribution is -0.125. The van der Waals surface area contributed by atoms with Crippen LogP contribution >= 0.6 is 0 Å². The normalized spacial score (nSPS) is 18.7. The predicted octanol–water partition coefficient (Wildman–Crippen LogP) is 2.18. The lowest BCUT2D eigenvalue weighted by Gasteiger charge is -2.28. The molecule has 0 spiro atoms. The molecule has 4 nitrogen and oxygen atoms in total. The maximum Gasteiger partial charge on any atom is 0.260 e. The Kier molecular flexibility index (Phi) is 3.31. The van der Waals surface area contributed by atoms with Crippen LogP contribution in [-0.4, -0.2) is 31.7 Å². The molecule has 1 aliphatic rings. The van der Waals surface area contributed by atoms with Gasteiger partial charge in [-0.05, 0) is 17.5 Å². The van der Waals surface area contributed by atoms with Gasteiger partial charge in [-0.1, -0.05) is 26.8 Å². The van der Waals surface area contributed by atoms with Gasteiger partial charge in [-0.25, -0.2) is 0 Å². The van der Waals surface area contributed by atoms with Gasteiger partial charge in [0.15, 0.2) is 6.10 Å². The summed E-state index contributed by atoms with van der Waals surface area (Å²) in [5, 5.41) is 9.83. The molecule has 0 radical (unpaired) electrons. The van der Waals surface area contributed by atoms with E-state index in [0.717, 1.165) is 17.9 Å². The number of benzene rings is 1. The zero-order valence-corrected chi connectivity index (χ0v) is 12.3. The maximum absolute atomic E-state index is 11.7. The summed E-state index contributed by atoms with van der Waals surface area (Å²) < 4.78 is 0. The molecule has 0 aromatic heterocycles. The topological polar surface area (TPSA) is 43.8 Å². The molecule has 1 amide bonds.